The molecule has 0 amide bonds. The molecule has 3 rings (SSSR count). The van der Waals surface area contributed by atoms with Crippen LogP contribution in [0.15, 0.2) is 24.0 Å². The highest BCUT2D eigenvalue weighted by Crippen LogP contribution is 2.45. The van der Waals surface area contributed by atoms with Crippen LogP contribution in [0.4, 0.5) is 30.7 Å². The predicted molar refractivity (Wildman–Crippen MR) is 112 cm³/mol. The zero-order valence-corrected chi connectivity index (χ0v) is 18.8. The molecule has 1 nitrogen and oxygen atoms in total. The number of unbranched alkanes of at least 4 members (excludes halogenated alkanes) is 1. The molecular weight excluding hydrogens is 449 g/mol. The Morgan fingerprint density at radius 3 is 1.88 bits per heavy atom. The molecule has 33 heavy (non-hydrogen) atoms. The van der Waals surface area contributed by atoms with E-state index in [4.69, 9.17) is 0 Å². The Bertz CT molecular complexity index is 795. The van der Waals surface area contributed by atoms with E-state index in [0.29, 0.717) is 17.4 Å². The molecule has 2 aliphatic carbocycles. The molecule has 0 unspecified atom stereocenters. The lowest BCUT2D eigenvalue weighted by Crippen LogP contribution is -2.27. The van der Waals surface area contributed by atoms with Gasteiger partial charge in [-0.25, -0.2) is 8.78 Å². The first kappa shape index (κ1) is 25.9. The number of alkyl halides is 2. The molecule has 2 aliphatic rings. The predicted octanol–water partition coefficient (Wildman–Crippen LogP) is 9.28. The molecule has 8 heteroatoms. The van der Waals surface area contributed by atoms with Crippen molar-refractivity contribution in [2.24, 2.45) is 17.8 Å². The largest absolute Gasteiger partial charge is 0.459 e. The third-order valence-electron chi connectivity index (χ3n) is 7.44. The third-order valence-corrected chi connectivity index (χ3v) is 7.44. The van der Waals surface area contributed by atoms with Crippen molar-refractivity contribution in [2.75, 3.05) is 0 Å². The SMILES string of the molecule is CCCCC1CCC(C2CCC(c3cc(F)c(OC(F)(F)C(F)=C(F)F)c(F)c3)CC2)CC1. The van der Waals surface area contributed by atoms with Crippen LogP contribution >= 0.6 is 0 Å². The summed E-state index contributed by atoms with van der Waals surface area (Å²) < 4.78 is 96.3. The van der Waals surface area contributed by atoms with Gasteiger partial charge in [-0.15, -0.1) is 0 Å². The molecule has 1 aromatic rings. The molecule has 186 valence electrons. The summed E-state index contributed by atoms with van der Waals surface area (Å²) in [7, 11) is 0. The number of ether oxygens (including phenoxy) is 1. The molecule has 0 saturated heterocycles. The van der Waals surface area contributed by atoms with E-state index in [1.165, 1.54) is 44.9 Å². The van der Waals surface area contributed by atoms with Gasteiger partial charge in [0.1, 0.15) is 0 Å². The summed E-state index contributed by atoms with van der Waals surface area (Å²) in [4.78, 5) is 0. The van der Waals surface area contributed by atoms with Crippen LogP contribution in [0.2, 0.25) is 0 Å². The second-order valence-corrected chi connectivity index (χ2v) is 9.54. The highest BCUT2D eigenvalue weighted by molar-refractivity contribution is 5.34. The molecule has 0 aliphatic heterocycles. The Morgan fingerprint density at radius 2 is 1.39 bits per heavy atom. The number of benzene rings is 1. The van der Waals surface area contributed by atoms with Crippen molar-refractivity contribution in [2.45, 2.75) is 89.6 Å². The highest BCUT2D eigenvalue weighted by atomic mass is 19.3. The number of rotatable bonds is 8. The minimum atomic E-state index is -5.17. The summed E-state index contributed by atoms with van der Waals surface area (Å²) >= 11 is 0. The van der Waals surface area contributed by atoms with Crippen molar-refractivity contribution < 1.29 is 35.5 Å². The summed E-state index contributed by atoms with van der Waals surface area (Å²) in [6.45, 7) is 2.21. The van der Waals surface area contributed by atoms with E-state index in [2.05, 4.69) is 11.7 Å². The first-order valence-corrected chi connectivity index (χ1v) is 11.9. The van der Waals surface area contributed by atoms with Gasteiger partial charge in [0.15, 0.2) is 17.4 Å². The van der Waals surface area contributed by atoms with Crippen LogP contribution in [0.5, 0.6) is 5.75 Å². The van der Waals surface area contributed by atoms with Crippen LogP contribution in [0.3, 0.4) is 0 Å². The third kappa shape index (κ3) is 6.44. The minimum absolute atomic E-state index is 0.124. The molecule has 0 heterocycles. The van der Waals surface area contributed by atoms with Crippen LogP contribution in [-0.4, -0.2) is 6.11 Å². The molecule has 0 spiro atoms. The average Bonchev–Trinajstić information content (AvgIpc) is 2.80. The van der Waals surface area contributed by atoms with Gasteiger partial charge in [-0.2, -0.15) is 22.0 Å². The Kier molecular flexibility index (Phi) is 8.73. The number of hydrogen-bond donors (Lipinski definition) is 0. The van der Waals surface area contributed by atoms with Crippen LogP contribution < -0.4 is 4.74 Å². The molecule has 2 saturated carbocycles. The van der Waals surface area contributed by atoms with E-state index < -0.39 is 35.4 Å². The first-order valence-electron chi connectivity index (χ1n) is 11.9. The summed E-state index contributed by atoms with van der Waals surface area (Å²) in [6.07, 6.45) is 3.71. The number of halogens is 7. The lowest BCUT2D eigenvalue weighted by molar-refractivity contribution is -0.162. The Labute approximate surface area is 190 Å². The van der Waals surface area contributed by atoms with Gasteiger partial charge in [-0.1, -0.05) is 39.0 Å². The topological polar surface area (TPSA) is 9.23 Å². The van der Waals surface area contributed by atoms with Crippen LogP contribution in [0.25, 0.3) is 0 Å². The van der Waals surface area contributed by atoms with Crippen LogP contribution in [-0.2, 0) is 0 Å². The monoisotopic (exact) mass is 480 g/mol. The van der Waals surface area contributed by atoms with Crippen molar-refractivity contribution in [3.8, 4) is 5.75 Å². The maximum atomic E-state index is 14.3. The molecule has 0 bridgehead atoms. The van der Waals surface area contributed by atoms with E-state index in [9.17, 15) is 30.7 Å². The van der Waals surface area contributed by atoms with Gasteiger partial charge in [0.2, 0.25) is 0 Å². The van der Waals surface area contributed by atoms with Gasteiger partial charge in [-0.05, 0) is 79.9 Å². The molecule has 0 N–H and O–H groups in total. The Hall–Kier alpha value is -1.73. The van der Waals surface area contributed by atoms with E-state index in [1.807, 2.05) is 0 Å². The minimum Gasteiger partial charge on any atom is -0.421 e. The molecule has 0 atom stereocenters. The van der Waals surface area contributed by atoms with Crippen LogP contribution in [0.1, 0.15) is 89.0 Å². The average molecular weight is 481 g/mol. The summed E-state index contributed by atoms with van der Waals surface area (Å²) in [5.74, 6) is -5.70. The highest BCUT2D eigenvalue weighted by Gasteiger charge is 2.44. The lowest BCUT2D eigenvalue weighted by atomic mass is 9.68. The van der Waals surface area contributed by atoms with Gasteiger partial charge in [0.05, 0.1) is 0 Å². The van der Waals surface area contributed by atoms with Crippen molar-refractivity contribution >= 4 is 0 Å². The van der Waals surface area contributed by atoms with Crippen molar-refractivity contribution in [3.63, 3.8) is 0 Å². The maximum Gasteiger partial charge on any atom is 0.459 e. The standard InChI is InChI=1S/C25H31F7O/c1-2-3-4-15-5-7-16(8-6-15)17-9-11-18(12-10-17)19-13-20(26)22(21(27)14-19)33-25(31,32)23(28)24(29)30/h13-18H,2-12H2,1H3. The van der Waals surface area contributed by atoms with Gasteiger partial charge >= 0.3 is 12.2 Å². The van der Waals surface area contributed by atoms with E-state index in [-0.39, 0.29) is 5.92 Å². The molecule has 0 radical (unpaired) electrons. The van der Waals surface area contributed by atoms with Crippen molar-refractivity contribution in [1.82, 2.24) is 0 Å². The normalized spacial score (nSPS) is 26.2. The Balaban J connectivity index is 1.58. The summed E-state index contributed by atoms with van der Waals surface area (Å²) in [5.41, 5.74) is 0.315. The van der Waals surface area contributed by atoms with Gasteiger partial charge in [-0.3, -0.25) is 0 Å². The maximum absolute atomic E-state index is 14.3. The second-order valence-electron chi connectivity index (χ2n) is 9.54. The summed E-state index contributed by atoms with van der Waals surface area (Å²) in [5, 5.41) is 0. The molecule has 0 aromatic heterocycles. The van der Waals surface area contributed by atoms with E-state index >= 15 is 0 Å². The van der Waals surface area contributed by atoms with Gasteiger partial charge in [0, 0.05) is 0 Å². The first-order chi connectivity index (χ1) is 15.6. The quantitative estimate of drug-likeness (QED) is 0.337. The zero-order chi connectivity index (χ0) is 24.2. The Morgan fingerprint density at radius 1 is 0.879 bits per heavy atom. The van der Waals surface area contributed by atoms with E-state index in [0.717, 1.165) is 43.7 Å². The zero-order valence-electron chi connectivity index (χ0n) is 18.8. The summed E-state index contributed by atoms with van der Waals surface area (Å²) in [6, 6.07) is 1.76. The fraction of sp³-hybridized carbons (Fsp3) is 0.680. The van der Waals surface area contributed by atoms with Crippen LogP contribution in [0, 0.1) is 29.4 Å². The molecule has 2 fully saturated rings. The fourth-order valence-electron chi connectivity index (χ4n) is 5.56. The second kappa shape index (κ2) is 11.1. The van der Waals surface area contributed by atoms with Gasteiger partial charge in [0.25, 0.3) is 5.83 Å². The lowest BCUT2D eigenvalue weighted by Gasteiger charge is -2.38. The molecule has 1 aromatic carbocycles. The van der Waals surface area contributed by atoms with Crippen molar-refractivity contribution in [1.29, 1.82) is 0 Å². The smallest absolute Gasteiger partial charge is 0.421 e. The van der Waals surface area contributed by atoms with Gasteiger partial charge < -0.3 is 4.74 Å². The fourth-order valence-corrected chi connectivity index (χ4v) is 5.56. The molecular formula is C25H31F7O. The number of hydrogen-bond acceptors (Lipinski definition) is 1. The van der Waals surface area contributed by atoms with Crippen molar-refractivity contribution in [3.05, 3.63) is 41.2 Å². The van der Waals surface area contributed by atoms with E-state index in [1.54, 1.807) is 0 Å².